The smallest absolute Gasteiger partial charge is 0.338 e. The number of carbonyl (C=O) groups excluding carboxylic acids is 1. The molecule has 1 aliphatic rings. The number of aromatic nitrogens is 1. The van der Waals surface area contributed by atoms with Crippen molar-refractivity contribution < 1.29 is 27.9 Å². The van der Waals surface area contributed by atoms with Crippen molar-refractivity contribution in [3.05, 3.63) is 71.2 Å². The number of ether oxygens (including phenoxy) is 3. The average molecular weight is 411 g/mol. The SMILES string of the molecule is Cc1c(COC(=O)c2ccc(OC[C@@H]3CCCO3)cc2)noc1-c1ccc(F)cc1. The maximum absolute atomic E-state index is 13.1. The standard InChI is InChI=1S/C23H22FNO5/c1-15-21(25-30-22(15)16-4-8-18(24)9-5-16)14-29-23(26)17-6-10-19(11-7-17)28-13-20-3-2-12-27-20/h4-11,20H,2-3,12-14H2,1H3/t20-/m0/s1. The second-order valence-corrected chi connectivity index (χ2v) is 7.14. The molecule has 30 heavy (non-hydrogen) atoms. The fourth-order valence-corrected chi connectivity index (χ4v) is 3.24. The summed E-state index contributed by atoms with van der Waals surface area (Å²) in [6.07, 6.45) is 2.21. The number of hydrogen-bond acceptors (Lipinski definition) is 6. The predicted molar refractivity (Wildman–Crippen MR) is 107 cm³/mol. The first kappa shape index (κ1) is 20.1. The van der Waals surface area contributed by atoms with E-state index >= 15 is 0 Å². The summed E-state index contributed by atoms with van der Waals surface area (Å²) in [5, 5.41) is 3.98. The Kier molecular flexibility index (Phi) is 6.09. The molecule has 1 saturated heterocycles. The minimum absolute atomic E-state index is 0.0212. The van der Waals surface area contributed by atoms with Gasteiger partial charge in [0.1, 0.15) is 30.5 Å². The molecule has 2 heterocycles. The lowest BCUT2D eigenvalue weighted by atomic mass is 10.1. The van der Waals surface area contributed by atoms with E-state index in [0.717, 1.165) is 25.0 Å². The Hall–Kier alpha value is -3.19. The highest BCUT2D eigenvalue weighted by Gasteiger charge is 2.17. The van der Waals surface area contributed by atoms with Gasteiger partial charge in [0, 0.05) is 17.7 Å². The van der Waals surface area contributed by atoms with Crippen LogP contribution in [0, 0.1) is 12.7 Å². The van der Waals surface area contributed by atoms with Gasteiger partial charge in [-0.3, -0.25) is 0 Å². The van der Waals surface area contributed by atoms with Crippen LogP contribution in [0.15, 0.2) is 53.1 Å². The van der Waals surface area contributed by atoms with E-state index in [9.17, 15) is 9.18 Å². The van der Waals surface area contributed by atoms with Crippen LogP contribution in [-0.2, 0) is 16.1 Å². The molecule has 7 heteroatoms. The van der Waals surface area contributed by atoms with Crippen molar-refractivity contribution in [1.29, 1.82) is 0 Å². The summed E-state index contributed by atoms with van der Waals surface area (Å²) >= 11 is 0. The van der Waals surface area contributed by atoms with Gasteiger partial charge in [-0.15, -0.1) is 0 Å². The molecule has 1 aliphatic heterocycles. The molecule has 0 aliphatic carbocycles. The molecule has 1 aromatic heterocycles. The maximum Gasteiger partial charge on any atom is 0.338 e. The van der Waals surface area contributed by atoms with Gasteiger partial charge in [0.2, 0.25) is 0 Å². The first-order chi connectivity index (χ1) is 14.6. The fourth-order valence-electron chi connectivity index (χ4n) is 3.24. The van der Waals surface area contributed by atoms with Crippen LogP contribution in [0.4, 0.5) is 4.39 Å². The van der Waals surface area contributed by atoms with Gasteiger partial charge in [-0.1, -0.05) is 5.16 Å². The summed E-state index contributed by atoms with van der Waals surface area (Å²) in [7, 11) is 0. The van der Waals surface area contributed by atoms with Gasteiger partial charge in [-0.2, -0.15) is 0 Å². The Labute approximate surface area is 173 Å². The highest BCUT2D eigenvalue weighted by Crippen LogP contribution is 2.26. The molecule has 1 atom stereocenters. The van der Waals surface area contributed by atoms with E-state index in [4.69, 9.17) is 18.7 Å². The van der Waals surface area contributed by atoms with Crippen molar-refractivity contribution in [2.24, 2.45) is 0 Å². The van der Waals surface area contributed by atoms with Gasteiger partial charge in [0.15, 0.2) is 5.76 Å². The summed E-state index contributed by atoms with van der Waals surface area (Å²) in [6, 6.07) is 12.7. The Bertz CT molecular complexity index is 991. The molecule has 0 spiro atoms. The van der Waals surface area contributed by atoms with Crippen LogP contribution in [0.2, 0.25) is 0 Å². The highest BCUT2D eigenvalue weighted by molar-refractivity contribution is 5.89. The fraction of sp³-hybridized carbons (Fsp3) is 0.304. The Morgan fingerprint density at radius 1 is 1.17 bits per heavy atom. The molecular formula is C23H22FNO5. The van der Waals surface area contributed by atoms with E-state index < -0.39 is 5.97 Å². The van der Waals surface area contributed by atoms with Crippen LogP contribution in [0.25, 0.3) is 11.3 Å². The molecule has 2 aromatic carbocycles. The number of halogens is 1. The number of rotatable bonds is 7. The third kappa shape index (κ3) is 4.68. The maximum atomic E-state index is 13.1. The van der Waals surface area contributed by atoms with E-state index in [0.29, 0.717) is 34.9 Å². The minimum Gasteiger partial charge on any atom is -0.491 e. The summed E-state index contributed by atoms with van der Waals surface area (Å²) in [4.78, 5) is 12.3. The molecule has 0 unspecified atom stereocenters. The molecule has 3 aromatic rings. The van der Waals surface area contributed by atoms with Gasteiger partial charge in [0.25, 0.3) is 0 Å². The van der Waals surface area contributed by atoms with E-state index in [1.807, 2.05) is 6.92 Å². The Morgan fingerprint density at radius 3 is 2.63 bits per heavy atom. The first-order valence-electron chi connectivity index (χ1n) is 9.83. The van der Waals surface area contributed by atoms with Crippen LogP contribution in [0.3, 0.4) is 0 Å². The molecule has 6 nitrogen and oxygen atoms in total. The van der Waals surface area contributed by atoms with Crippen LogP contribution in [0.1, 0.15) is 34.5 Å². The van der Waals surface area contributed by atoms with Crippen LogP contribution in [0.5, 0.6) is 5.75 Å². The second-order valence-electron chi connectivity index (χ2n) is 7.14. The number of carbonyl (C=O) groups is 1. The predicted octanol–water partition coefficient (Wildman–Crippen LogP) is 4.70. The van der Waals surface area contributed by atoms with Gasteiger partial charge in [0.05, 0.1) is 11.7 Å². The zero-order valence-corrected chi connectivity index (χ0v) is 16.6. The summed E-state index contributed by atoms with van der Waals surface area (Å²) < 4.78 is 35.0. The second kappa shape index (κ2) is 9.09. The molecule has 156 valence electrons. The van der Waals surface area contributed by atoms with Crippen molar-refractivity contribution in [1.82, 2.24) is 5.16 Å². The first-order valence-corrected chi connectivity index (χ1v) is 9.83. The van der Waals surface area contributed by atoms with Gasteiger partial charge in [-0.25, -0.2) is 9.18 Å². The van der Waals surface area contributed by atoms with Crippen molar-refractivity contribution in [2.75, 3.05) is 13.2 Å². The van der Waals surface area contributed by atoms with E-state index in [2.05, 4.69) is 5.16 Å². The molecule has 1 fully saturated rings. The van der Waals surface area contributed by atoms with E-state index in [1.54, 1.807) is 36.4 Å². The summed E-state index contributed by atoms with van der Waals surface area (Å²) in [5.41, 5.74) is 2.38. The Morgan fingerprint density at radius 2 is 1.93 bits per heavy atom. The van der Waals surface area contributed by atoms with Crippen molar-refractivity contribution in [3.8, 4) is 17.1 Å². The average Bonchev–Trinajstić information content (AvgIpc) is 3.41. The van der Waals surface area contributed by atoms with Gasteiger partial charge < -0.3 is 18.7 Å². The van der Waals surface area contributed by atoms with Crippen molar-refractivity contribution in [3.63, 3.8) is 0 Å². The van der Waals surface area contributed by atoms with E-state index in [-0.39, 0.29) is 18.5 Å². The lowest BCUT2D eigenvalue weighted by molar-refractivity contribution is 0.0463. The summed E-state index contributed by atoms with van der Waals surface area (Å²) in [6.45, 7) is 3.09. The third-order valence-corrected chi connectivity index (χ3v) is 5.02. The Balaban J connectivity index is 1.32. The number of nitrogens with zero attached hydrogens (tertiary/aromatic N) is 1. The largest absolute Gasteiger partial charge is 0.491 e. The number of benzene rings is 2. The molecule has 4 rings (SSSR count). The van der Waals surface area contributed by atoms with Crippen molar-refractivity contribution >= 4 is 5.97 Å². The lowest BCUT2D eigenvalue weighted by Gasteiger charge is -2.11. The zero-order chi connectivity index (χ0) is 20.9. The highest BCUT2D eigenvalue weighted by atomic mass is 19.1. The molecule has 0 amide bonds. The zero-order valence-electron chi connectivity index (χ0n) is 16.6. The number of esters is 1. The molecule has 0 radical (unpaired) electrons. The normalized spacial score (nSPS) is 15.9. The summed E-state index contributed by atoms with van der Waals surface area (Å²) in [5.74, 6) is 0.409. The lowest BCUT2D eigenvalue weighted by Crippen LogP contribution is -2.16. The third-order valence-electron chi connectivity index (χ3n) is 5.02. The van der Waals surface area contributed by atoms with Crippen LogP contribution in [-0.4, -0.2) is 30.4 Å². The van der Waals surface area contributed by atoms with Gasteiger partial charge >= 0.3 is 5.97 Å². The minimum atomic E-state index is -0.466. The van der Waals surface area contributed by atoms with E-state index in [1.165, 1.54) is 12.1 Å². The molecular weight excluding hydrogens is 389 g/mol. The molecule has 0 bridgehead atoms. The van der Waals surface area contributed by atoms with Crippen LogP contribution >= 0.6 is 0 Å². The monoisotopic (exact) mass is 411 g/mol. The topological polar surface area (TPSA) is 70.8 Å². The quantitative estimate of drug-likeness (QED) is 0.525. The molecule has 0 N–H and O–H groups in total. The molecule has 0 saturated carbocycles. The van der Waals surface area contributed by atoms with Crippen molar-refractivity contribution in [2.45, 2.75) is 32.5 Å². The van der Waals surface area contributed by atoms with Gasteiger partial charge in [-0.05, 0) is 68.3 Å². The number of hydrogen-bond donors (Lipinski definition) is 0. The van der Waals surface area contributed by atoms with Crippen LogP contribution < -0.4 is 4.74 Å².